The van der Waals surface area contributed by atoms with Crippen molar-refractivity contribution < 1.29 is 9.53 Å². The average molecular weight is 332 g/mol. The molecule has 0 unspecified atom stereocenters. The van der Waals surface area contributed by atoms with Gasteiger partial charge in [-0.2, -0.15) is 0 Å². The van der Waals surface area contributed by atoms with Gasteiger partial charge in [-0.25, -0.2) is 4.98 Å². The van der Waals surface area contributed by atoms with E-state index in [2.05, 4.69) is 15.2 Å². The molecular weight excluding hydrogens is 314 g/mol. The second-order valence-corrected chi connectivity index (χ2v) is 5.76. The third-order valence-corrected chi connectivity index (χ3v) is 3.99. The molecule has 1 aromatic heterocycles. The van der Waals surface area contributed by atoms with E-state index in [1.54, 1.807) is 6.07 Å². The van der Waals surface area contributed by atoms with Crippen molar-refractivity contribution in [3.05, 3.63) is 52.8 Å². The number of aryl methyl sites for hydroxylation is 1. The SMILES string of the molecule is Cc1cccc(C(=O)Nc2cccc(Cl)c2N2CCOCC2)n1. The number of carbonyl (C=O) groups excluding carboxylic acids is 1. The van der Waals surface area contributed by atoms with Gasteiger partial charge in [-0.15, -0.1) is 0 Å². The van der Waals surface area contributed by atoms with Gasteiger partial charge in [0.15, 0.2) is 0 Å². The third-order valence-electron chi connectivity index (χ3n) is 3.68. The lowest BCUT2D eigenvalue weighted by Crippen LogP contribution is -2.37. The maximum absolute atomic E-state index is 12.5. The van der Waals surface area contributed by atoms with Crippen molar-refractivity contribution in [1.82, 2.24) is 4.98 Å². The molecule has 2 aromatic rings. The van der Waals surface area contributed by atoms with E-state index in [0.29, 0.717) is 29.6 Å². The summed E-state index contributed by atoms with van der Waals surface area (Å²) in [5, 5.41) is 3.54. The van der Waals surface area contributed by atoms with Crippen LogP contribution in [0.25, 0.3) is 0 Å². The maximum Gasteiger partial charge on any atom is 0.274 e. The van der Waals surface area contributed by atoms with Crippen molar-refractivity contribution in [3.63, 3.8) is 0 Å². The molecular formula is C17H18ClN3O2. The molecule has 0 radical (unpaired) electrons. The van der Waals surface area contributed by atoms with Crippen LogP contribution in [0, 0.1) is 6.92 Å². The number of pyridine rings is 1. The lowest BCUT2D eigenvalue weighted by Gasteiger charge is -2.31. The fourth-order valence-corrected chi connectivity index (χ4v) is 2.87. The van der Waals surface area contributed by atoms with Crippen LogP contribution in [-0.2, 0) is 4.74 Å². The quantitative estimate of drug-likeness (QED) is 0.938. The zero-order valence-corrected chi connectivity index (χ0v) is 13.6. The van der Waals surface area contributed by atoms with Gasteiger partial charge in [0.25, 0.3) is 5.91 Å². The van der Waals surface area contributed by atoms with Crippen LogP contribution in [0.5, 0.6) is 0 Å². The Kier molecular flexibility index (Phi) is 4.79. The fourth-order valence-electron chi connectivity index (χ4n) is 2.58. The van der Waals surface area contributed by atoms with E-state index in [1.165, 1.54) is 0 Å². The van der Waals surface area contributed by atoms with Gasteiger partial charge in [0.05, 0.1) is 29.6 Å². The zero-order valence-electron chi connectivity index (χ0n) is 12.9. The minimum atomic E-state index is -0.245. The molecule has 0 saturated carbocycles. The molecule has 120 valence electrons. The normalized spacial score (nSPS) is 14.6. The number of anilines is 2. The van der Waals surface area contributed by atoms with Crippen LogP contribution in [0.15, 0.2) is 36.4 Å². The van der Waals surface area contributed by atoms with Gasteiger partial charge >= 0.3 is 0 Å². The monoisotopic (exact) mass is 331 g/mol. The highest BCUT2D eigenvalue weighted by Gasteiger charge is 2.19. The van der Waals surface area contributed by atoms with Crippen molar-refractivity contribution in [3.8, 4) is 0 Å². The molecule has 0 aliphatic carbocycles. The Hall–Kier alpha value is -2.11. The molecule has 1 aliphatic heterocycles. The van der Waals surface area contributed by atoms with Gasteiger partial charge < -0.3 is 15.0 Å². The summed E-state index contributed by atoms with van der Waals surface area (Å²) in [4.78, 5) is 18.8. The summed E-state index contributed by atoms with van der Waals surface area (Å²) in [6.45, 7) is 4.65. The number of benzene rings is 1. The number of nitrogens with zero attached hydrogens (tertiary/aromatic N) is 2. The predicted molar refractivity (Wildman–Crippen MR) is 91.4 cm³/mol. The number of carbonyl (C=O) groups is 1. The number of rotatable bonds is 3. The van der Waals surface area contributed by atoms with E-state index >= 15 is 0 Å². The second kappa shape index (κ2) is 6.98. The van der Waals surface area contributed by atoms with Crippen molar-refractivity contribution in [2.45, 2.75) is 6.92 Å². The smallest absolute Gasteiger partial charge is 0.274 e. The summed E-state index contributed by atoms with van der Waals surface area (Å²) >= 11 is 6.37. The van der Waals surface area contributed by atoms with Crippen molar-refractivity contribution >= 4 is 28.9 Å². The highest BCUT2D eigenvalue weighted by molar-refractivity contribution is 6.34. The zero-order chi connectivity index (χ0) is 16.2. The molecule has 3 rings (SSSR count). The molecule has 23 heavy (non-hydrogen) atoms. The summed E-state index contributed by atoms with van der Waals surface area (Å²) < 4.78 is 5.38. The van der Waals surface area contributed by atoms with Crippen LogP contribution in [0.1, 0.15) is 16.2 Å². The number of hydrogen-bond acceptors (Lipinski definition) is 4. The minimum Gasteiger partial charge on any atom is -0.378 e. The standard InChI is InChI=1S/C17H18ClN3O2/c1-12-4-2-7-15(19-12)17(22)20-14-6-3-5-13(18)16(14)21-8-10-23-11-9-21/h2-7H,8-11H2,1H3,(H,20,22). The largest absolute Gasteiger partial charge is 0.378 e. The van der Waals surface area contributed by atoms with Gasteiger partial charge in [0.2, 0.25) is 0 Å². The van der Waals surface area contributed by atoms with Crippen LogP contribution in [0.3, 0.4) is 0 Å². The molecule has 0 atom stereocenters. The molecule has 2 heterocycles. The number of halogens is 1. The lowest BCUT2D eigenvalue weighted by atomic mass is 10.2. The molecule has 1 aliphatic rings. The molecule has 1 amide bonds. The van der Waals surface area contributed by atoms with Crippen LogP contribution >= 0.6 is 11.6 Å². The Morgan fingerprint density at radius 3 is 2.70 bits per heavy atom. The number of aromatic nitrogens is 1. The van der Waals surface area contributed by atoms with Crippen molar-refractivity contribution in [1.29, 1.82) is 0 Å². The molecule has 1 N–H and O–H groups in total. The number of ether oxygens (including phenoxy) is 1. The number of nitrogens with one attached hydrogen (secondary N) is 1. The predicted octanol–water partition coefficient (Wildman–Crippen LogP) is 3.13. The summed E-state index contributed by atoms with van der Waals surface area (Å²) in [6, 6.07) is 10.9. The molecule has 5 nitrogen and oxygen atoms in total. The third kappa shape index (κ3) is 3.63. The van der Waals surface area contributed by atoms with Crippen molar-refractivity contribution in [2.24, 2.45) is 0 Å². The summed E-state index contributed by atoms with van der Waals surface area (Å²) in [5.74, 6) is -0.245. The van der Waals surface area contributed by atoms with E-state index < -0.39 is 0 Å². The van der Waals surface area contributed by atoms with E-state index in [0.717, 1.165) is 24.5 Å². The first kappa shape index (κ1) is 15.8. The highest BCUT2D eigenvalue weighted by Crippen LogP contribution is 2.34. The van der Waals surface area contributed by atoms with Gasteiger partial charge in [-0.3, -0.25) is 4.79 Å². The minimum absolute atomic E-state index is 0.245. The van der Waals surface area contributed by atoms with E-state index in [9.17, 15) is 4.79 Å². The summed E-state index contributed by atoms with van der Waals surface area (Å²) in [6.07, 6.45) is 0. The molecule has 1 aromatic carbocycles. The number of para-hydroxylation sites is 1. The van der Waals surface area contributed by atoms with Gasteiger partial charge in [-0.1, -0.05) is 23.7 Å². The lowest BCUT2D eigenvalue weighted by molar-refractivity contribution is 0.102. The van der Waals surface area contributed by atoms with Crippen LogP contribution in [0.2, 0.25) is 5.02 Å². The Bertz CT molecular complexity index is 715. The molecule has 0 spiro atoms. The molecule has 1 saturated heterocycles. The van der Waals surface area contributed by atoms with E-state index in [4.69, 9.17) is 16.3 Å². The molecule has 6 heteroatoms. The number of morpholine rings is 1. The Labute approximate surface area is 140 Å². The Morgan fingerprint density at radius 1 is 1.22 bits per heavy atom. The van der Waals surface area contributed by atoms with Crippen LogP contribution in [0.4, 0.5) is 11.4 Å². The summed E-state index contributed by atoms with van der Waals surface area (Å²) in [7, 11) is 0. The van der Waals surface area contributed by atoms with Gasteiger partial charge in [0, 0.05) is 18.8 Å². The van der Waals surface area contributed by atoms with Crippen LogP contribution < -0.4 is 10.2 Å². The maximum atomic E-state index is 12.5. The highest BCUT2D eigenvalue weighted by atomic mass is 35.5. The number of hydrogen-bond donors (Lipinski definition) is 1. The van der Waals surface area contributed by atoms with Crippen molar-refractivity contribution in [2.75, 3.05) is 36.5 Å². The molecule has 0 bridgehead atoms. The van der Waals surface area contributed by atoms with Crippen LogP contribution in [-0.4, -0.2) is 37.2 Å². The van der Waals surface area contributed by atoms with Gasteiger partial charge in [0.1, 0.15) is 5.69 Å². The first-order chi connectivity index (χ1) is 11.1. The fraction of sp³-hybridized carbons (Fsp3) is 0.294. The topological polar surface area (TPSA) is 54.5 Å². The Balaban J connectivity index is 1.87. The number of amides is 1. The first-order valence-corrected chi connectivity index (χ1v) is 7.89. The van der Waals surface area contributed by atoms with E-state index in [-0.39, 0.29) is 5.91 Å². The first-order valence-electron chi connectivity index (χ1n) is 7.51. The summed E-state index contributed by atoms with van der Waals surface area (Å²) in [5.41, 5.74) is 2.71. The second-order valence-electron chi connectivity index (χ2n) is 5.35. The van der Waals surface area contributed by atoms with Gasteiger partial charge in [-0.05, 0) is 31.2 Å². The average Bonchev–Trinajstić information content (AvgIpc) is 2.56. The Morgan fingerprint density at radius 2 is 1.96 bits per heavy atom. The molecule has 1 fully saturated rings. The van der Waals surface area contributed by atoms with E-state index in [1.807, 2.05) is 37.3 Å².